The van der Waals surface area contributed by atoms with Crippen LogP contribution in [0.5, 0.6) is 0 Å². The summed E-state index contributed by atoms with van der Waals surface area (Å²) in [7, 11) is 0. The summed E-state index contributed by atoms with van der Waals surface area (Å²) in [5.74, 6) is -0.155. The molecule has 2 nitrogen and oxygen atoms in total. The maximum atomic E-state index is 11.8. The first-order valence-corrected chi connectivity index (χ1v) is 5.81. The van der Waals surface area contributed by atoms with Crippen LogP contribution in [0.2, 0.25) is 0 Å². The molecule has 0 aromatic rings. The number of carbonyl (C=O) groups is 1. The fourth-order valence-electron chi connectivity index (χ4n) is 1.26. The zero-order valence-electron chi connectivity index (χ0n) is 10.7. The highest BCUT2D eigenvalue weighted by molar-refractivity contribution is 5.89. The van der Waals surface area contributed by atoms with Gasteiger partial charge in [-0.1, -0.05) is 47.1 Å². The molecule has 0 radical (unpaired) electrons. The predicted octanol–water partition coefficient (Wildman–Crippen LogP) is 3.71. The van der Waals surface area contributed by atoms with Gasteiger partial charge in [0.2, 0.25) is 0 Å². The molecule has 88 valence electrons. The standard InChI is InChI=1S/C13H24O2/c1-6-8-9-11(13(3,4)5)12(14)15-10-7-2/h9H,6-8,10H2,1-5H3. The van der Waals surface area contributed by atoms with Gasteiger partial charge in [-0.05, 0) is 18.3 Å². The summed E-state index contributed by atoms with van der Waals surface area (Å²) in [6.07, 6.45) is 4.88. The lowest BCUT2D eigenvalue weighted by molar-refractivity contribution is -0.140. The number of rotatable bonds is 5. The topological polar surface area (TPSA) is 26.3 Å². The summed E-state index contributed by atoms with van der Waals surface area (Å²) in [4.78, 5) is 11.8. The van der Waals surface area contributed by atoms with E-state index >= 15 is 0 Å². The first-order chi connectivity index (χ1) is 6.93. The van der Waals surface area contributed by atoms with E-state index in [2.05, 4.69) is 6.92 Å². The first kappa shape index (κ1) is 14.2. The maximum absolute atomic E-state index is 11.8. The van der Waals surface area contributed by atoms with Crippen molar-refractivity contribution in [2.24, 2.45) is 5.41 Å². The van der Waals surface area contributed by atoms with Crippen LogP contribution < -0.4 is 0 Å². The smallest absolute Gasteiger partial charge is 0.334 e. The Kier molecular flexibility index (Phi) is 6.30. The van der Waals surface area contributed by atoms with Gasteiger partial charge in [-0.2, -0.15) is 0 Å². The monoisotopic (exact) mass is 212 g/mol. The zero-order chi connectivity index (χ0) is 11.9. The van der Waals surface area contributed by atoms with Gasteiger partial charge in [0.05, 0.1) is 6.61 Å². The van der Waals surface area contributed by atoms with Gasteiger partial charge in [-0.15, -0.1) is 0 Å². The molecule has 0 N–H and O–H groups in total. The molecule has 0 spiro atoms. The van der Waals surface area contributed by atoms with Crippen LogP contribution in [-0.4, -0.2) is 12.6 Å². The molecule has 0 rings (SSSR count). The molecule has 0 unspecified atom stereocenters. The highest BCUT2D eigenvalue weighted by atomic mass is 16.5. The Balaban J connectivity index is 4.57. The fraction of sp³-hybridized carbons (Fsp3) is 0.769. The minimum atomic E-state index is -0.155. The Labute approximate surface area is 93.7 Å². The second-order valence-corrected chi connectivity index (χ2v) is 4.79. The molecule has 0 aliphatic rings. The van der Waals surface area contributed by atoms with Crippen molar-refractivity contribution in [1.82, 2.24) is 0 Å². The van der Waals surface area contributed by atoms with Crippen molar-refractivity contribution >= 4 is 5.97 Å². The molecule has 2 heteroatoms. The van der Waals surface area contributed by atoms with Gasteiger partial charge >= 0.3 is 5.97 Å². The third-order valence-electron chi connectivity index (χ3n) is 2.10. The van der Waals surface area contributed by atoms with Crippen LogP contribution >= 0.6 is 0 Å². The van der Waals surface area contributed by atoms with Crippen LogP contribution in [0.4, 0.5) is 0 Å². The average molecular weight is 212 g/mol. The van der Waals surface area contributed by atoms with Gasteiger partial charge in [0.25, 0.3) is 0 Å². The van der Waals surface area contributed by atoms with Crippen molar-refractivity contribution < 1.29 is 9.53 Å². The van der Waals surface area contributed by atoms with Gasteiger partial charge in [-0.3, -0.25) is 0 Å². The molecule has 0 bridgehead atoms. The van der Waals surface area contributed by atoms with E-state index in [1.807, 2.05) is 33.8 Å². The lowest BCUT2D eigenvalue weighted by Crippen LogP contribution is -2.20. The Hall–Kier alpha value is -0.790. The number of unbranched alkanes of at least 4 members (excludes halogenated alkanes) is 1. The summed E-state index contributed by atoms with van der Waals surface area (Å²) in [6, 6.07) is 0. The molecule has 0 aromatic carbocycles. The van der Waals surface area contributed by atoms with Gasteiger partial charge in [0, 0.05) is 5.57 Å². The number of hydrogen-bond donors (Lipinski definition) is 0. The van der Waals surface area contributed by atoms with Crippen LogP contribution in [0.15, 0.2) is 11.6 Å². The van der Waals surface area contributed by atoms with Crippen molar-refractivity contribution in [2.75, 3.05) is 6.61 Å². The number of ether oxygens (including phenoxy) is 1. The van der Waals surface area contributed by atoms with Gasteiger partial charge in [0.1, 0.15) is 0 Å². The minimum Gasteiger partial charge on any atom is -0.462 e. The third kappa shape index (κ3) is 5.60. The lowest BCUT2D eigenvalue weighted by atomic mass is 9.85. The van der Waals surface area contributed by atoms with E-state index < -0.39 is 0 Å². The number of allylic oxidation sites excluding steroid dienone is 1. The number of hydrogen-bond acceptors (Lipinski definition) is 2. The quantitative estimate of drug-likeness (QED) is 0.513. The van der Waals surface area contributed by atoms with Crippen LogP contribution in [-0.2, 0) is 9.53 Å². The third-order valence-corrected chi connectivity index (χ3v) is 2.10. The average Bonchev–Trinajstić information content (AvgIpc) is 2.13. The van der Waals surface area contributed by atoms with E-state index in [0.717, 1.165) is 24.8 Å². The molecule has 0 aromatic heterocycles. The minimum absolute atomic E-state index is 0.125. The first-order valence-electron chi connectivity index (χ1n) is 5.81. The van der Waals surface area contributed by atoms with E-state index in [1.54, 1.807) is 0 Å². The highest BCUT2D eigenvalue weighted by Crippen LogP contribution is 2.26. The molecule has 0 amide bonds. The predicted molar refractivity (Wildman–Crippen MR) is 63.7 cm³/mol. The van der Waals surface area contributed by atoms with Crippen LogP contribution in [0.25, 0.3) is 0 Å². The summed E-state index contributed by atoms with van der Waals surface area (Å²) >= 11 is 0. The molecule has 0 heterocycles. The van der Waals surface area contributed by atoms with Crippen molar-refractivity contribution in [2.45, 2.75) is 53.9 Å². The van der Waals surface area contributed by atoms with E-state index in [1.165, 1.54) is 0 Å². The SMILES string of the molecule is CCCC=C(C(=O)OCCC)C(C)(C)C. The van der Waals surface area contributed by atoms with Gasteiger partial charge in [-0.25, -0.2) is 4.79 Å². The van der Waals surface area contributed by atoms with Gasteiger partial charge < -0.3 is 4.74 Å². The number of esters is 1. The molecular weight excluding hydrogens is 188 g/mol. The summed E-state index contributed by atoms with van der Waals surface area (Å²) in [5.41, 5.74) is 0.679. The molecule has 0 aliphatic heterocycles. The van der Waals surface area contributed by atoms with E-state index in [4.69, 9.17) is 4.74 Å². The molecule has 0 fully saturated rings. The van der Waals surface area contributed by atoms with E-state index in [0.29, 0.717) is 6.61 Å². The molecule has 0 saturated carbocycles. The van der Waals surface area contributed by atoms with Crippen molar-refractivity contribution in [1.29, 1.82) is 0 Å². The van der Waals surface area contributed by atoms with Crippen molar-refractivity contribution in [3.8, 4) is 0 Å². The Morgan fingerprint density at radius 1 is 1.20 bits per heavy atom. The highest BCUT2D eigenvalue weighted by Gasteiger charge is 2.24. The summed E-state index contributed by atoms with van der Waals surface area (Å²) in [5, 5.41) is 0. The van der Waals surface area contributed by atoms with Crippen molar-refractivity contribution in [3.05, 3.63) is 11.6 Å². The van der Waals surface area contributed by atoms with E-state index in [-0.39, 0.29) is 11.4 Å². The number of carbonyl (C=O) groups excluding carboxylic acids is 1. The van der Waals surface area contributed by atoms with E-state index in [9.17, 15) is 4.79 Å². The second-order valence-electron chi connectivity index (χ2n) is 4.79. The second kappa shape index (κ2) is 6.65. The van der Waals surface area contributed by atoms with Crippen LogP contribution in [0, 0.1) is 5.41 Å². The Morgan fingerprint density at radius 2 is 1.80 bits per heavy atom. The fourth-order valence-corrected chi connectivity index (χ4v) is 1.26. The molecule has 0 aliphatic carbocycles. The Morgan fingerprint density at radius 3 is 2.20 bits per heavy atom. The lowest BCUT2D eigenvalue weighted by Gasteiger charge is -2.21. The molecule has 0 atom stereocenters. The van der Waals surface area contributed by atoms with Gasteiger partial charge in [0.15, 0.2) is 0 Å². The molecule has 0 saturated heterocycles. The summed E-state index contributed by atoms with van der Waals surface area (Å²) < 4.78 is 5.17. The molecule has 15 heavy (non-hydrogen) atoms. The van der Waals surface area contributed by atoms with Crippen LogP contribution in [0.1, 0.15) is 53.9 Å². The Bertz CT molecular complexity index is 221. The maximum Gasteiger partial charge on any atom is 0.334 e. The largest absolute Gasteiger partial charge is 0.462 e. The normalized spacial score (nSPS) is 12.7. The summed E-state index contributed by atoms with van der Waals surface area (Å²) in [6.45, 7) is 10.7. The zero-order valence-corrected chi connectivity index (χ0v) is 10.7. The molecular formula is C13H24O2. The van der Waals surface area contributed by atoms with Crippen molar-refractivity contribution in [3.63, 3.8) is 0 Å². The van der Waals surface area contributed by atoms with Crippen LogP contribution in [0.3, 0.4) is 0 Å².